The average molecular weight is 352 g/mol. The number of nitrogens with zero attached hydrogens (tertiary/aromatic N) is 2. The second-order valence-corrected chi connectivity index (χ2v) is 5.20. The number of hydrogen-bond donors (Lipinski definition) is 1. The second-order valence-electron chi connectivity index (χ2n) is 4.35. The minimum atomic E-state index is 0.597. The van der Waals surface area contributed by atoms with Crippen LogP contribution >= 0.6 is 15.9 Å². The predicted molar refractivity (Wildman–Crippen MR) is 84.4 cm³/mol. The first-order chi connectivity index (χ1) is 10.2. The number of nitrogens with one attached hydrogen (secondary N) is 1. The molecule has 2 rings (SSSR count). The fourth-order valence-electron chi connectivity index (χ4n) is 1.92. The minimum Gasteiger partial charge on any atom is -0.493 e. The van der Waals surface area contributed by atoms with E-state index in [4.69, 9.17) is 9.47 Å². The van der Waals surface area contributed by atoms with Crippen LogP contribution in [0.2, 0.25) is 0 Å². The lowest BCUT2D eigenvalue weighted by Gasteiger charge is -2.13. The van der Waals surface area contributed by atoms with Gasteiger partial charge in [0.1, 0.15) is 6.33 Å². The maximum atomic E-state index is 5.58. The number of halogens is 1. The number of methoxy groups -OCH3 is 1. The van der Waals surface area contributed by atoms with Crippen LogP contribution in [0.4, 0.5) is 0 Å². The molecule has 0 amide bonds. The van der Waals surface area contributed by atoms with E-state index >= 15 is 0 Å². The smallest absolute Gasteiger partial charge is 0.175 e. The molecule has 1 heterocycles. The van der Waals surface area contributed by atoms with Gasteiger partial charge in [-0.1, -0.05) is 0 Å². The van der Waals surface area contributed by atoms with Gasteiger partial charge in [-0.25, -0.2) is 9.97 Å². The van der Waals surface area contributed by atoms with Crippen LogP contribution in [0.25, 0.3) is 0 Å². The van der Waals surface area contributed by atoms with Crippen LogP contribution in [-0.4, -0.2) is 23.7 Å². The van der Waals surface area contributed by atoms with Crippen LogP contribution in [-0.2, 0) is 13.1 Å². The zero-order valence-electron chi connectivity index (χ0n) is 12.1. The van der Waals surface area contributed by atoms with Crippen LogP contribution in [0.5, 0.6) is 11.5 Å². The molecular weight excluding hydrogens is 334 g/mol. The van der Waals surface area contributed by atoms with E-state index in [1.807, 2.05) is 25.1 Å². The molecule has 0 saturated heterocycles. The van der Waals surface area contributed by atoms with Crippen LogP contribution in [0.1, 0.15) is 18.2 Å². The predicted octanol–water partition coefficient (Wildman–Crippen LogP) is 2.94. The third-order valence-corrected chi connectivity index (χ3v) is 3.45. The molecule has 0 bridgehead atoms. The van der Waals surface area contributed by atoms with Crippen molar-refractivity contribution in [2.45, 2.75) is 20.0 Å². The van der Waals surface area contributed by atoms with Crippen molar-refractivity contribution in [3.05, 3.63) is 46.5 Å². The van der Waals surface area contributed by atoms with Gasteiger partial charge in [0.2, 0.25) is 0 Å². The monoisotopic (exact) mass is 351 g/mol. The summed E-state index contributed by atoms with van der Waals surface area (Å²) in [5, 5.41) is 3.34. The molecule has 21 heavy (non-hydrogen) atoms. The normalized spacial score (nSPS) is 10.4. The van der Waals surface area contributed by atoms with Crippen LogP contribution in [0, 0.1) is 0 Å². The van der Waals surface area contributed by atoms with Crippen molar-refractivity contribution in [3.8, 4) is 11.5 Å². The van der Waals surface area contributed by atoms with E-state index in [0.29, 0.717) is 19.7 Å². The lowest BCUT2D eigenvalue weighted by Crippen LogP contribution is -2.14. The Morgan fingerprint density at radius 3 is 2.81 bits per heavy atom. The van der Waals surface area contributed by atoms with Crippen LogP contribution in [0.15, 0.2) is 35.2 Å². The van der Waals surface area contributed by atoms with Gasteiger partial charge in [0.05, 0.1) is 23.9 Å². The highest BCUT2D eigenvalue weighted by Gasteiger charge is 2.11. The average Bonchev–Trinajstić information content (AvgIpc) is 2.51. The molecule has 0 aliphatic rings. The molecule has 0 unspecified atom stereocenters. The van der Waals surface area contributed by atoms with Crippen molar-refractivity contribution < 1.29 is 9.47 Å². The van der Waals surface area contributed by atoms with Crippen molar-refractivity contribution in [1.82, 2.24) is 15.3 Å². The summed E-state index contributed by atoms with van der Waals surface area (Å²) in [5.41, 5.74) is 2.07. The van der Waals surface area contributed by atoms with E-state index in [0.717, 1.165) is 27.2 Å². The lowest BCUT2D eigenvalue weighted by atomic mass is 10.2. The number of rotatable bonds is 7. The van der Waals surface area contributed by atoms with Crippen molar-refractivity contribution in [2.75, 3.05) is 13.7 Å². The maximum absolute atomic E-state index is 5.58. The summed E-state index contributed by atoms with van der Waals surface area (Å²) in [5.74, 6) is 1.46. The molecule has 0 atom stereocenters. The summed E-state index contributed by atoms with van der Waals surface area (Å²) in [7, 11) is 1.64. The zero-order valence-corrected chi connectivity index (χ0v) is 13.7. The maximum Gasteiger partial charge on any atom is 0.175 e. The lowest BCUT2D eigenvalue weighted by molar-refractivity contribution is 0.308. The molecule has 1 N–H and O–H groups in total. The first-order valence-electron chi connectivity index (χ1n) is 6.69. The third-order valence-electron chi connectivity index (χ3n) is 2.86. The summed E-state index contributed by atoms with van der Waals surface area (Å²) in [6.07, 6.45) is 3.29. The molecule has 0 saturated carbocycles. The van der Waals surface area contributed by atoms with Gasteiger partial charge in [0, 0.05) is 19.3 Å². The van der Waals surface area contributed by atoms with Crippen molar-refractivity contribution in [3.63, 3.8) is 0 Å². The van der Waals surface area contributed by atoms with E-state index in [1.165, 1.54) is 0 Å². The van der Waals surface area contributed by atoms with Gasteiger partial charge in [0.25, 0.3) is 0 Å². The van der Waals surface area contributed by atoms with Gasteiger partial charge in [0.15, 0.2) is 11.5 Å². The fourth-order valence-corrected chi connectivity index (χ4v) is 2.52. The summed E-state index contributed by atoms with van der Waals surface area (Å²) in [6, 6.07) is 5.89. The molecule has 6 heteroatoms. The molecule has 0 fully saturated rings. The van der Waals surface area contributed by atoms with E-state index in [-0.39, 0.29) is 0 Å². The fraction of sp³-hybridized carbons (Fsp3) is 0.333. The molecule has 112 valence electrons. The highest BCUT2D eigenvalue weighted by Crippen LogP contribution is 2.36. The highest BCUT2D eigenvalue weighted by molar-refractivity contribution is 9.10. The first-order valence-corrected chi connectivity index (χ1v) is 7.48. The van der Waals surface area contributed by atoms with Crippen molar-refractivity contribution in [2.24, 2.45) is 0 Å². The first kappa shape index (κ1) is 15.7. The van der Waals surface area contributed by atoms with Crippen molar-refractivity contribution >= 4 is 15.9 Å². The Labute approximate surface area is 132 Å². The molecule has 0 aliphatic carbocycles. The van der Waals surface area contributed by atoms with Gasteiger partial charge in [-0.2, -0.15) is 0 Å². The minimum absolute atomic E-state index is 0.597. The van der Waals surface area contributed by atoms with Gasteiger partial charge in [-0.15, -0.1) is 0 Å². The van der Waals surface area contributed by atoms with E-state index in [1.54, 1.807) is 19.6 Å². The molecule has 1 aromatic heterocycles. The Kier molecular flexibility index (Phi) is 5.95. The summed E-state index contributed by atoms with van der Waals surface area (Å²) in [4.78, 5) is 8.07. The number of aromatic nitrogens is 2. The van der Waals surface area contributed by atoms with Gasteiger partial charge in [-0.3, -0.25) is 0 Å². The van der Waals surface area contributed by atoms with Crippen molar-refractivity contribution in [1.29, 1.82) is 0 Å². The largest absolute Gasteiger partial charge is 0.493 e. The third kappa shape index (κ3) is 4.41. The Balaban J connectivity index is 2.02. The Hall–Kier alpha value is -1.66. The quantitative estimate of drug-likeness (QED) is 0.830. The van der Waals surface area contributed by atoms with E-state index in [2.05, 4.69) is 31.2 Å². The van der Waals surface area contributed by atoms with Gasteiger partial charge >= 0.3 is 0 Å². The Morgan fingerprint density at radius 1 is 1.29 bits per heavy atom. The number of ether oxygens (including phenoxy) is 2. The zero-order chi connectivity index (χ0) is 15.1. The van der Waals surface area contributed by atoms with Gasteiger partial charge in [-0.05, 0) is 46.6 Å². The standard InChI is InChI=1S/C15H18BrN3O2/c1-3-21-15-13(16)6-11(7-14(15)20-2)8-18-9-12-4-5-17-10-19-12/h4-7,10,18H,3,8-9H2,1-2H3. The number of hydrogen-bond acceptors (Lipinski definition) is 5. The van der Waals surface area contributed by atoms with Crippen LogP contribution in [0.3, 0.4) is 0 Å². The molecule has 2 aromatic rings. The summed E-state index contributed by atoms with van der Waals surface area (Å²) in [6.45, 7) is 3.95. The SMILES string of the molecule is CCOc1c(Br)cc(CNCc2ccncn2)cc1OC. The Morgan fingerprint density at radius 2 is 2.14 bits per heavy atom. The molecular formula is C15H18BrN3O2. The van der Waals surface area contributed by atoms with E-state index in [9.17, 15) is 0 Å². The number of benzene rings is 1. The Bertz CT molecular complexity index is 579. The van der Waals surface area contributed by atoms with E-state index < -0.39 is 0 Å². The molecule has 0 radical (unpaired) electrons. The summed E-state index contributed by atoms with van der Waals surface area (Å²) >= 11 is 3.52. The van der Waals surface area contributed by atoms with Crippen LogP contribution < -0.4 is 14.8 Å². The molecule has 0 spiro atoms. The summed E-state index contributed by atoms with van der Waals surface area (Å²) < 4.78 is 11.9. The molecule has 1 aromatic carbocycles. The topological polar surface area (TPSA) is 56.3 Å². The van der Waals surface area contributed by atoms with Gasteiger partial charge < -0.3 is 14.8 Å². The highest BCUT2D eigenvalue weighted by atomic mass is 79.9. The second kappa shape index (κ2) is 7.95. The molecule has 0 aliphatic heterocycles. The molecule has 5 nitrogen and oxygen atoms in total.